The van der Waals surface area contributed by atoms with Crippen LogP contribution in [0.5, 0.6) is 17.2 Å². The van der Waals surface area contributed by atoms with Crippen molar-refractivity contribution in [1.29, 1.82) is 0 Å². The summed E-state index contributed by atoms with van der Waals surface area (Å²) in [4.78, 5) is 0. The molecule has 0 heterocycles. The summed E-state index contributed by atoms with van der Waals surface area (Å²) in [5.74, 6) is 4.11. The van der Waals surface area contributed by atoms with Crippen molar-refractivity contribution in [2.45, 2.75) is 11.5 Å². The van der Waals surface area contributed by atoms with Crippen molar-refractivity contribution in [2.24, 2.45) is 0 Å². The zero-order chi connectivity index (χ0) is 15.1. The number of methoxy groups -OCH3 is 3. The lowest BCUT2D eigenvalue weighted by atomic mass is 10.2. The fraction of sp³-hybridized carbons (Fsp3) is 0.294. The lowest BCUT2D eigenvalue weighted by molar-refractivity contribution is 0.371. The summed E-state index contributed by atoms with van der Waals surface area (Å²) in [6.45, 7) is 0. The zero-order valence-corrected chi connectivity index (χ0v) is 13.4. The molecule has 0 aromatic heterocycles. The van der Waals surface area contributed by atoms with E-state index in [-0.39, 0.29) is 0 Å². The van der Waals surface area contributed by atoms with Gasteiger partial charge in [-0.3, -0.25) is 0 Å². The predicted molar refractivity (Wildman–Crippen MR) is 87.5 cm³/mol. The van der Waals surface area contributed by atoms with E-state index in [9.17, 15) is 0 Å². The van der Waals surface area contributed by atoms with Crippen LogP contribution in [0.3, 0.4) is 0 Å². The fourth-order valence-corrected chi connectivity index (χ4v) is 3.08. The summed E-state index contributed by atoms with van der Waals surface area (Å²) in [5, 5.41) is 0. The molecular formula is C17H20O3S. The number of thioether (sulfide) groups is 1. The van der Waals surface area contributed by atoms with Gasteiger partial charge in [-0.25, -0.2) is 0 Å². The molecule has 0 unspecified atom stereocenters. The van der Waals surface area contributed by atoms with E-state index in [0.717, 1.165) is 34.3 Å². The van der Waals surface area contributed by atoms with Gasteiger partial charge in [-0.15, -0.1) is 0 Å². The Morgan fingerprint density at radius 1 is 0.810 bits per heavy atom. The van der Waals surface area contributed by atoms with Crippen molar-refractivity contribution < 1.29 is 14.2 Å². The third kappa shape index (κ3) is 4.08. The van der Waals surface area contributed by atoms with Crippen LogP contribution >= 0.6 is 11.8 Å². The molecule has 0 aliphatic heterocycles. The normalized spacial score (nSPS) is 10.2. The first-order valence-electron chi connectivity index (χ1n) is 6.69. The van der Waals surface area contributed by atoms with Crippen LogP contribution in [0.2, 0.25) is 0 Å². The highest BCUT2D eigenvalue weighted by molar-refractivity contribution is 7.97. The summed E-state index contributed by atoms with van der Waals surface area (Å²) >= 11 is 1.83. The largest absolute Gasteiger partial charge is 0.496 e. The Hall–Kier alpha value is -1.81. The predicted octanol–water partition coefficient (Wildman–Crippen LogP) is 4.15. The quantitative estimate of drug-likeness (QED) is 0.768. The van der Waals surface area contributed by atoms with Gasteiger partial charge in [-0.1, -0.05) is 30.3 Å². The van der Waals surface area contributed by atoms with E-state index in [1.807, 2.05) is 30.0 Å². The molecule has 0 aliphatic rings. The molecule has 0 radical (unpaired) electrons. The minimum absolute atomic E-state index is 0.737. The van der Waals surface area contributed by atoms with Crippen LogP contribution < -0.4 is 14.2 Å². The number of benzene rings is 2. The number of hydrogen-bond acceptors (Lipinski definition) is 4. The van der Waals surface area contributed by atoms with Gasteiger partial charge in [0.05, 0.1) is 21.3 Å². The highest BCUT2D eigenvalue weighted by Crippen LogP contribution is 2.37. The second-order valence-electron chi connectivity index (χ2n) is 4.49. The van der Waals surface area contributed by atoms with Crippen molar-refractivity contribution >= 4 is 11.8 Å². The summed E-state index contributed by atoms with van der Waals surface area (Å²) in [6.07, 6.45) is 0. The van der Waals surface area contributed by atoms with Crippen LogP contribution in [-0.4, -0.2) is 21.3 Å². The summed E-state index contributed by atoms with van der Waals surface area (Å²) in [7, 11) is 4.97. The molecule has 0 saturated heterocycles. The maximum atomic E-state index is 5.46. The summed E-state index contributed by atoms with van der Waals surface area (Å²) < 4.78 is 16.2. The zero-order valence-electron chi connectivity index (χ0n) is 12.6. The van der Waals surface area contributed by atoms with Crippen LogP contribution in [-0.2, 0) is 11.5 Å². The Morgan fingerprint density at radius 3 is 1.95 bits per heavy atom. The van der Waals surface area contributed by atoms with Gasteiger partial charge in [0.15, 0.2) is 0 Å². The third-order valence-electron chi connectivity index (χ3n) is 3.18. The van der Waals surface area contributed by atoms with Gasteiger partial charge in [0, 0.05) is 29.2 Å². The molecule has 3 nitrogen and oxygen atoms in total. The van der Waals surface area contributed by atoms with Crippen LogP contribution in [0.4, 0.5) is 0 Å². The topological polar surface area (TPSA) is 27.7 Å². The molecule has 21 heavy (non-hydrogen) atoms. The number of hydrogen-bond donors (Lipinski definition) is 0. The molecule has 0 N–H and O–H groups in total. The summed E-state index contributed by atoms with van der Waals surface area (Å²) in [5.41, 5.74) is 2.37. The first kappa shape index (κ1) is 15.6. The Kier molecular flexibility index (Phi) is 5.81. The van der Waals surface area contributed by atoms with Gasteiger partial charge in [0.25, 0.3) is 0 Å². The van der Waals surface area contributed by atoms with Gasteiger partial charge >= 0.3 is 0 Å². The molecule has 4 heteroatoms. The van der Waals surface area contributed by atoms with E-state index in [1.165, 1.54) is 5.56 Å². The lowest BCUT2D eigenvalue weighted by Gasteiger charge is -2.14. The lowest BCUT2D eigenvalue weighted by Crippen LogP contribution is -1.97. The molecule has 0 atom stereocenters. The molecule has 0 saturated carbocycles. The van der Waals surface area contributed by atoms with E-state index < -0.39 is 0 Å². The Labute approximate surface area is 130 Å². The number of rotatable bonds is 7. The van der Waals surface area contributed by atoms with Crippen LogP contribution in [0.15, 0.2) is 42.5 Å². The fourth-order valence-electron chi connectivity index (χ4n) is 2.07. The second kappa shape index (κ2) is 7.84. The molecule has 2 aromatic rings. The van der Waals surface area contributed by atoms with Gasteiger partial charge < -0.3 is 14.2 Å². The van der Waals surface area contributed by atoms with E-state index in [1.54, 1.807) is 21.3 Å². The van der Waals surface area contributed by atoms with Crippen molar-refractivity contribution in [1.82, 2.24) is 0 Å². The molecule has 112 valence electrons. The highest BCUT2D eigenvalue weighted by Gasteiger charge is 2.13. The van der Waals surface area contributed by atoms with E-state index in [2.05, 4.69) is 24.3 Å². The van der Waals surface area contributed by atoms with E-state index in [0.29, 0.717) is 0 Å². The van der Waals surface area contributed by atoms with Crippen molar-refractivity contribution in [3.63, 3.8) is 0 Å². The van der Waals surface area contributed by atoms with Crippen molar-refractivity contribution in [3.05, 3.63) is 53.6 Å². The van der Waals surface area contributed by atoms with Gasteiger partial charge in [0.2, 0.25) is 0 Å². The molecular weight excluding hydrogens is 284 g/mol. The molecule has 0 amide bonds. The van der Waals surface area contributed by atoms with E-state index >= 15 is 0 Å². The molecule has 0 fully saturated rings. The number of ether oxygens (including phenoxy) is 3. The highest BCUT2D eigenvalue weighted by atomic mass is 32.2. The minimum Gasteiger partial charge on any atom is -0.496 e. The second-order valence-corrected chi connectivity index (χ2v) is 5.47. The van der Waals surface area contributed by atoms with Crippen LogP contribution in [0.25, 0.3) is 0 Å². The monoisotopic (exact) mass is 304 g/mol. The SMILES string of the molecule is COc1cc(OC)c(CSCc2ccccc2)c(OC)c1. The maximum Gasteiger partial charge on any atom is 0.130 e. The molecule has 0 spiro atoms. The summed E-state index contributed by atoms with van der Waals surface area (Å²) in [6, 6.07) is 14.2. The Morgan fingerprint density at radius 2 is 1.43 bits per heavy atom. The van der Waals surface area contributed by atoms with Gasteiger partial charge in [-0.2, -0.15) is 11.8 Å². The molecule has 0 bridgehead atoms. The van der Waals surface area contributed by atoms with Crippen molar-refractivity contribution in [2.75, 3.05) is 21.3 Å². The average molecular weight is 304 g/mol. The molecule has 2 rings (SSSR count). The average Bonchev–Trinajstić information content (AvgIpc) is 2.55. The van der Waals surface area contributed by atoms with Gasteiger partial charge in [-0.05, 0) is 5.56 Å². The molecule has 2 aromatic carbocycles. The first-order valence-corrected chi connectivity index (χ1v) is 7.84. The smallest absolute Gasteiger partial charge is 0.130 e. The maximum absolute atomic E-state index is 5.46. The standard InChI is InChI=1S/C17H20O3S/c1-18-14-9-16(19-2)15(17(10-14)20-3)12-21-11-13-7-5-4-6-8-13/h4-10H,11-12H2,1-3H3. The Bertz CT molecular complexity index is 544. The third-order valence-corrected chi connectivity index (χ3v) is 4.21. The van der Waals surface area contributed by atoms with E-state index in [4.69, 9.17) is 14.2 Å². The van der Waals surface area contributed by atoms with Crippen LogP contribution in [0, 0.1) is 0 Å². The first-order chi connectivity index (χ1) is 10.3. The van der Waals surface area contributed by atoms with Crippen molar-refractivity contribution in [3.8, 4) is 17.2 Å². The molecule has 0 aliphatic carbocycles. The minimum atomic E-state index is 0.737. The van der Waals surface area contributed by atoms with Gasteiger partial charge in [0.1, 0.15) is 17.2 Å². The Balaban J connectivity index is 2.11. The van der Waals surface area contributed by atoms with Crippen LogP contribution in [0.1, 0.15) is 11.1 Å².